The Bertz CT molecular complexity index is 798. The van der Waals surface area contributed by atoms with Crippen LogP contribution in [0.3, 0.4) is 0 Å². The van der Waals surface area contributed by atoms with E-state index in [2.05, 4.69) is 17.0 Å². The molecule has 2 atom stereocenters. The van der Waals surface area contributed by atoms with E-state index in [9.17, 15) is 9.18 Å². The van der Waals surface area contributed by atoms with Gasteiger partial charge >= 0.3 is 0 Å². The van der Waals surface area contributed by atoms with Crippen LogP contribution in [0.4, 0.5) is 4.39 Å². The summed E-state index contributed by atoms with van der Waals surface area (Å²) in [5.41, 5.74) is 2.11. The van der Waals surface area contributed by atoms with E-state index >= 15 is 0 Å². The third-order valence-electron chi connectivity index (χ3n) is 5.48. The van der Waals surface area contributed by atoms with Crippen molar-refractivity contribution in [1.29, 1.82) is 0 Å². The Morgan fingerprint density at radius 1 is 1.08 bits per heavy atom. The number of hydrogen-bond donors (Lipinski definition) is 0. The van der Waals surface area contributed by atoms with Gasteiger partial charge in [-0.1, -0.05) is 48.0 Å². The predicted molar refractivity (Wildman–Crippen MR) is 100 cm³/mol. The van der Waals surface area contributed by atoms with Gasteiger partial charge in [0, 0.05) is 19.6 Å². The molecule has 0 spiro atoms. The first-order valence-corrected chi connectivity index (χ1v) is 9.48. The van der Waals surface area contributed by atoms with Crippen LogP contribution in [0, 0.1) is 11.7 Å². The summed E-state index contributed by atoms with van der Waals surface area (Å²) < 4.78 is 13.4. The zero-order valence-electron chi connectivity index (χ0n) is 14.6. The molecule has 0 aromatic heterocycles. The quantitative estimate of drug-likeness (QED) is 0.806. The summed E-state index contributed by atoms with van der Waals surface area (Å²) in [6.45, 7) is 3.04. The van der Waals surface area contributed by atoms with Gasteiger partial charge in [0.15, 0.2) is 0 Å². The van der Waals surface area contributed by atoms with Crippen molar-refractivity contribution in [2.45, 2.75) is 32.0 Å². The van der Waals surface area contributed by atoms with Crippen LogP contribution in [0.2, 0.25) is 5.02 Å². The van der Waals surface area contributed by atoms with Gasteiger partial charge in [-0.25, -0.2) is 4.39 Å². The van der Waals surface area contributed by atoms with E-state index in [1.807, 2.05) is 23.1 Å². The highest BCUT2D eigenvalue weighted by atomic mass is 35.5. The van der Waals surface area contributed by atoms with E-state index in [-0.39, 0.29) is 17.0 Å². The topological polar surface area (TPSA) is 23.6 Å². The van der Waals surface area contributed by atoms with Crippen LogP contribution >= 0.6 is 11.6 Å². The molecule has 4 rings (SSSR count). The molecular weight excluding hydrogens is 351 g/mol. The number of amides is 1. The number of piperidine rings is 2. The Kier molecular flexibility index (Phi) is 4.96. The lowest BCUT2D eigenvalue weighted by Crippen LogP contribution is -2.58. The third kappa shape index (κ3) is 3.62. The summed E-state index contributed by atoms with van der Waals surface area (Å²) >= 11 is 5.91. The second-order valence-electron chi connectivity index (χ2n) is 7.33. The standard InChI is InChI=1S/C21H22ClFN2O/c22-18-10-16(6-7-19(18)23)13-24-9-8-17-11-20(24)21(26)25(14-17)12-15-4-2-1-3-5-15/h1-7,10,17,20H,8-9,11-14H2/t17-,20+/m0/s1. The third-order valence-corrected chi connectivity index (χ3v) is 5.77. The van der Waals surface area contributed by atoms with E-state index in [4.69, 9.17) is 11.6 Å². The summed E-state index contributed by atoms with van der Waals surface area (Å²) in [5.74, 6) is 0.365. The van der Waals surface area contributed by atoms with Crippen LogP contribution in [0.5, 0.6) is 0 Å². The van der Waals surface area contributed by atoms with Gasteiger partial charge in [0.2, 0.25) is 5.91 Å². The minimum absolute atomic E-state index is 0.0879. The molecule has 5 heteroatoms. The molecule has 2 heterocycles. The van der Waals surface area contributed by atoms with Crippen molar-refractivity contribution in [2.75, 3.05) is 13.1 Å². The van der Waals surface area contributed by atoms with E-state index in [0.717, 1.165) is 37.1 Å². The highest BCUT2D eigenvalue weighted by molar-refractivity contribution is 6.30. The fourth-order valence-corrected chi connectivity index (χ4v) is 4.33. The van der Waals surface area contributed by atoms with Gasteiger partial charge in [-0.15, -0.1) is 0 Å². The maximum Gasteiger partial charge on any atom is 0.240 e. The maximum absolute atomic E-state index is 13.4. The van der Waals surface area contributed by atoms with Gasteiger partial charge in [-0.05, 0) is 48.6 Å². The zero-order valence-corrected chi connectivity index (χ0v) is 15.3. The van der Waals surface area contributed by atoms with Crippen molar-refractivity contribution >= 4 is 17.5 Å². The lowest BCUT2D eigenvalue weighted by atomic mass is 9.85. The van der Waals surface area contributed by atoms with E-state index in [1.54, 1.807) is 12.1 Å². The molecule has 2 aromatic carbocycles. The number of benzene rings is 2. The molecule has 136 valence electrons. The van der Waals surface area contributed by atoms with E-state index in [0.29, 0.717) is 19.0 Å². The highest BCUT2D eigenvalue weighted by Crippen LogP contribution is 2.32. The van der Waals surface area contributed by atoms with Crippen LogP contribution in [0.1, 0.15) is 24.0 Å². The summed E-state index contributed by atoms with van der Waals surface area (Å²) in [6.07, 6.45) is 2.00. The molecular formula is C21H22ClFN2O. The zero-order chi connectivity index (χ0) is 18.1. The van der Waals surface area contributed by atoms with Crippen LogP contribution in [-0.4, -0.2) is 34.8 Å². The van der Waals surface area contributed by atoms with Crippen molar-refractivity contribution in [1.82, 2.24) is 9.80 Å². The molecule has 2 aromatic rings. The van der Waals surface area contributed by atoms with E-state index in [1.165, 1.54) is 6.07 Å². The van der Waals surface area contributed by atoms with Gasteiger partial charge in [0.25, 0.3) is 0 Å². The monoisotopic (exact) mass is 372 g/mol. The average Bonchev–Trinajstić information content (AvgIpc) is 2.65. The minimum Gasteiger partial charge on any atom is -0.337 e. The Hall–Kier alpha value is -1.91. The second kappa shape index (κ2) is 7.37. The van der Waals surface area contributed by atoms with Gasteiger partial charge in [-0.2, -0.15) is 0 Å². The first-order chi connectivity index (χ1) is 12.6. The highest BCUT2D eigenvalue weighted by Gasteiger charge is 2.41. The normalized spacial score (nSPS) is 23.3. The number of hydrogen-bond acceptors (Lipinski definition) is 2. The van der Waals surface area contributed by atoms with Gasteiger partial charge in [0.1, 0.15) is 5.82 Å². The number of nitrogens with zero attached hydrogens (tertiary/aromatic N) is 2. The van der Waals surface area contributed by atoms with E-state index < -0.39 is 5.82 Å². The first kappa shape index (κ1) is 17.5. The molecule has 2 fully saturated rings. The molecule has 0 radical (unpaired) electrons. The molecule has 0 N–H and O–H groups in total. The number of carbonyl (C=O) groups is 1. The smallest absolute Gasteiger partial charge is 0.240 e. The molecule has 2 aliphatic heterocycles. The van der Waals surface area contributed by atoms with Crippen molar-refractivity contribution in [3.63, 3.8) is 0 Å². The van der Waals surface area contributed by atoms with Crippen LogP contribution in [0.15, 0.2) is 48.5 Å². The lowest BCUT2D eigenvalue weighted by Gasteiger charge is -2.46. The maximum atomic E-state index is 13.4. The van der Waals surface area contributed by atoms with Gasteiger partial charge in [-0.3, -0.25) is 9.69 Å². The molecule has 2 aliphatic rings. The Morgan fingerprint density at radius 3 is 2.65 bits per heavy atom. The molecule has 0 aliphatic carbocycles. The number of fused-ring (bicyclic) bond motifs is 2. The molecule has 3 nitrogen and oxygen atoms in total. The fraction of sp³-hybridized carbons (Fsp3) is 0.381. The minimum atomic E-state index is -0.406. The average molecular weight is 373 g/mol. The van der Waals surface area contributed by atoms with Gasteiger partial charge < -0.3 is 4.90 Å². The van der Waals surface area contributed by atoms with Crippen molar-refractivity contribution in [2.24, 2.45) is 5.92 Å². The Balaban J connectivity index is 1.49. The lowest BCUT2D eigenvalue weighted by molar-refractivity contribution is -0.146. The number of carbonyl (C=O) groups excluding carboxylic acids is 1. The van der Waals surface area contributed by atoms with Crippen molar-refractivity contribution < 1.29 is 9.18 Å². The molecule has 2 saturated heterocycles. The predicted octanol–water partition coefficient (Wildman–Crippen LogP) is 4.10. The second-order valence-corrected chi connectivity index (χ2v) is 7.74. The Morgan fingerprint density at radius 2 is 1.88 bits per heavy atom. The number of halogens is 2. The molecule has 0 unspecified atom stereocenters. The Labute approximate surface area is 158 Å². The first-order valence-electron chi connectivity index (χ1n) is 9.11. The SMILES string of the molecule is O=C1[C@H]2C[C@H](CCN2Cc2ccc(F)c(Cl)c2)CN1Cc1ccccc1. The number of likely N-dealkylation sites (tertiary alicyclic amines) is 2. The van der Waals surface area contributed by atoms with Gasteiger partial charge in [0.05, 0.1) is 11.1 Å². The fourth-order valence-electron chi connectivity index (χ4n) is 4.13. The van der Waals surface area contributed by atoms with Crippen molar-refractivity contribution in [3.8, 4) is 0 Å². The van der Waals surface area contributed by atoms with Crippen LogP contribution in [-0.2, 0) is 17.9 Å². The summed E-state index contributed by atoms with van der Waals surface area (Å²) in [5, 5.41) is 0.137. The van der Waals surface area contributed by atoms with Crippen LogP contribution in [0.25, 0.3) is 0 Å². The van der Waals surface area contributed by atoms with Crippen LogP contribution < -0.4 is 0 Å². The summed E-state index contributed by atoms with van der Waals surface area (Å²) in [7, 11) is 0. The molecule has 26 heavy (non-hydrogen) atoms. The summed E-state index contributed by atoms with van der Waals surface area (Å²) in [6, 6.07) is 14.9. The van der Waals surface area contributed by atoms with Crippen molar-refractivity contribution in [3.05, 3.63) is 70.5 Å². The largest absolute Gasteiger partial charge is 0.337 e. The molecule has 2 bridgehead atoms. The number of rotatable bonds is 4. The summed E-state index contributed by atoms with van der Waals surface area (Å²) in [4.78, 5) is 17.3. The molecule has 0 saturated carbocycles. The molecule has 1 amide bonds.